The van der Waals surface area contributed by atoms with Crippen molar-refractivity contribution in [3.05, 3.63) is 76.4 Å². The van der Waals surface area contributed by atoms with Crippen molar-refractivity contribution < 1.29 is 9.18 Å². The number of hydrogen-bond donors (Lipinski definition) is 1. The Hall–Kier alpha value is -1.78. The van der Waals surface area contributed by atoms with Gasteiger partial charge in [-0.15, -0.1) is 11.8 Å². The summed E-state index contributed by atoms with van der Waals surface area (Å²) in [5, 5.41) is 2.68. The second-order valence-electron chi connectivity index (χ2n) is 4.21. The molecule has 0 aliphatic rings. The van der Waals surface area contributed by atoms with Crippen LogP contribution in [0.25, 0.3) is 0 Å². The Morgan fingerprint density at radius 1 is 1.14 bits per heavy atom. The van der Waals surface area contributed by atoms with Gasteiger partial charge in [0.2, 0.25) is 0 Å². The highest BCUT2D eigenvalue weighted by molar-refractivity contribution is 8.03. The molecule has 0 fully saturated rings. The third kappa shape index (κ3) is 4.92. The van der Waals surface area contributed by atoms with Gasteiger partial charge in [0.15, 0.2) is 0 Å². The van der Waals surface area contributed by atoms with Gasteiger partial charge in [0.05, 0.1) is 4.91 Å². The van der Waals surface area contributed by atoms with Gasteiger partial charge in [-0.2, -0.15) is 0 Å². The summed E-state index contributed by atoms with van der Waals surface area (Å²) < 4.78 is 12.8. The van der Waals surface area contributed by atoms with Crippen LogP contribution in [0.5, 0.6) is 0 Å². The van der Waals surface area contributed by atoms with E-state index in [4.69, 9.17) is 11.6 Å². The van der Waals surface area contributed by atoms with Crippen LogP contribution in [-0.4, -0.2) is 5.91 Å². The molecule has 0 bridgehead atoms. The number of hydrogen-bond acceptors (Lipinski definition) is 2. The van der Waals surface area contributed by atoms with Crippen LogP contribution < -0.4 is 5.32 Å². The lowest BCUT2D eigenvalue weighted by molar-refractivity contribution is -0.112. The van der Waals surface area contributed by atoms with Crippen molar-refractivity contribution >= 4 is 35.0 Å². The van der Waals surface area contributed by atoms with Gasteiger partial charge in [-0.25, -0.2) is 4.39 Å². The van der Waals surface area contributed by atoms with Crippen LogP contribution in [0.1, 0.15) is 5.56 Å². The lowest BCUT2D eigenvalue weighted by Gasteiger charge is -2.08. The summed E-state index contributed by atoms with van der Waals surface area (Å²) in [7, 11) is 0. The van der Waals surface area contributed by atoms with Gasteiger partial charge in [0.1, 0.15) is 5.82 Å². The smallest absolute Gasteiger partial charge is 0.262 e. The molecule has 0 unspecified atom stereocenters. The predicted molar refractivity (Wildman–Crippen MR) is 86.7 cm³/mol. The standard InChI is InChI=1S/C16H13ClFNOS/c17-10-15(21-11-12-4-2-1-3-5-12)16(20)19-14-8-6-13(18)7-9-14/h1-10H,11H2,(H,19,20)/b15-10-. The molecule has 1 amide bonds. The second-order valence-corrected chi connectivity index (χ2v) is 5.44. The van der Waals surface area contributed by atoms with Crippen molar-refractivity contribution in [3.63, 3.8) is 0 Å². The fourth-order valence-corrected chi connectivity index (χ4v) is 2.66. The number of rotatable bonds is 5. The van der Waals surface area contributed by atoms with E-state index in [1.165, 1.54) is 41.6 Å². The van der Waals surface area contributed by atoms with Crippen LogP contribution in [0.3, 0.4) is 0 Å². The minimum atomic E-state index is -0.348. The van der Waals surface area contributed by atoms with Crippen LogP contribution >= 0.6 is 23.4 Å². The van der Waals surface area contributed by atoms with Crippen LogP contribution in [0, 0.1) is 5.82 Å². The largest absolute Gasteiger partial charge is 0.322 e. The number of carbonyl (C=O) groups excluding carboxylic acids is 1. The van der Waals surface area contributed by atoms with Crippen molar-refractivity contribution in [1.82, 2.24) is 0 Å². The molecule has 2 nitrogen and oxygen atoms in total. The van der Waals surface area contributed by atoms with Gasteiger partial charge in [-0.3, -0.25) is 4.79 Å². The van der Waals surface area contributed by atoms with E-state index in [0.29, 0.717) is 16.3 Å². The summed E-state index contributed by atoms with van der Waals surface area (Å²) in [6.45, 7) is 0. The first kappa shape index (κ1) is 15.6. The molecule has 0 aliphatic heterocycles. The molecule has 0 aliphatic carbocycles. The van der Waals surface area contributed by atoms with Crippen LogP contribution in [0.2, 0.25) is 0 Å². The van der Waals surface area contributed by atoms with Crippen LogP contribution in [0.4, 0.5) is 10.1 Å². The second kappa shape index (κ2) is 7.86. The van der Waals surface area contributed by atoms with Gasteiger partial charge in [-0.1, -0.05) is 41.9 Å². The first-order chi connectivity index (χ1) is 10.2. The number of thioether (sulfide) groups is 1. The highest BCUT2D eigenvalue weighted by atomic mass is 35.5. The predicted octanol–water partition coefficient (Wildman–Crippen LogP) is 4.78. The van der Waals surface area contributed by atoms with E-state index >= 15 is 0 Å². The third-order valence-electron chi connectivity index (χ3n) is 2.66. The Balaban J connectivity index is 1.94. The number of amides is 1. The summed E-state index contributed by atoms with van der Waals surface area (Å²) in [6, 6.07) is 15.4. The number of halogens is 2. The number of carbonyl (C=O) groups is 1. The average Bonchev–Trinajstić information content (AvgIpc) is 2.51. The molecule has 0 aromatic heterocycles. The number of nitrogens with one attached hydrogen (secondary N) is 1. The molecule has 5 heteroatoms. The molecule has 21 heavy (non-hydrogen) atoms. The van der Waals surface area contributed by atoms with Gasteiger partial charge >= 0.3 is 0 Å². The van der Waals surface area contributed by atoms with Crippen molar-refractivity contribution in [2.45, 2.75) is 5.75 Å². The zero-order valence-corrected chi connectivity index (χ0v) is 12.6. The topological polar surface area (TPSA) is 29.1 Å². The first-order valence-electron chi connectivity index (χ1n) is 6.23. The Kier molecular flexibility index (Phi) is 5.84. The molecule has 0 spiro atoms. The third-order valence-corrected chi connectivity index (χ3v) is 4.10. The van der Waals surface area contributed by atoms with Gasteiger partial charge in [-0.05, 0) is 29.8 Å². The quantitative estimate of drug-likeness (QED) is 0.803. The Bertz CT molecular complexity index is 628. The normalized spacial score (nSPS) is 11.2. The average molecular weight is 322 g/mol. The molecule has 0 atom stereocenters. The summed E-state index contributed by atoms with van der Waals surface area (Å²) in [6.07, 6.45) is 0. The molecular formula is C16H13ClFNOS. The maximum atomic E-state index is 12.8. The Labute approximate surface area is 132 Å². The van der Waals surface area contributed by atoms with E-state index in [2.05, 4.69) is 5.32 Å². The van der Waals surface area contributed by atoms with Gasteiger partial charge < -0.3 is 5.32 Å². The van der Waals surface area contributed by atoms with E-state index in [1.54, 1.807) is 0 Å². The maximum absolute atomic E-state index is 12.8. The zero-order chi connectivity index (χ0) is 15.1. The van der Waals surface area contributed by atoms with Gasteiger partial charge in [0.25, 0.3) is 5.91 Å². The Morgan fingerprint density at radius 3 is 2.43 bits per heavy atom. The summed E-state index contributed by atoms with van der Waals surface area (Å²) in [4.78, 5) is 12.5. The van der Waals surface area contributed by atoms with E-state index in [1.807, 2.05) is 30.3 Å². The minimum absolute atomic E-state index is 0.308. The lowest BCUT2D eigenvalue weighted by Crippen LogP contribution is -2.12. The monoisotopic (exact) mass is 321 g/mol. The first-order valence-corrected chi connectivity index (χ1v) is 7.65. The van der Waals surface area contributed by atoms with Crippen molar-refractivity contribution in [3.8, 4) is 0 Å². The number of benzene rings is 2. The molecule has 2 rings (SSSR count). The molecular weight excluding hydrogens is 309 g/mol. The summed E-state index contributed by atoms with van der Waals surface area (Å²) in [5.74, 6) is -0.00642. The molecule has 108 valence electrons. The number of anilines is 1. The van der Waals surface area contributed by atoms with Crippen LogP contribution in [-0.2, 0) is 10.5 Å². The van der Waals surface area contributed by atoms with E-state index in [0.717, 1.165) is 5.56 Å². The highest BCUT2D eigenvalue weighted by Gasteiger charge is 2.10. The fourth-order valence-electron chi connectivity index (χ4n) is 1.61. The zero-order valence-electron chi connectivity index (χ0n) is 11.1. The fraction of sp³-hybridized carbons (Fsp3) is 0.0625. The highest BCUT2D eigenvalue weighted by Crippen LogP contribution is 2.23. The minimum Gasteiger partial charge on any atom is -0.322 e. The molecule has 0 saturated carbocycles. The molecule has 2 aromatic rings. The molecule has 0 heterocycles. The molecule has 2 aromatic carbocycles. The van der Waals surface area contributed by atoms with E-state index < -0.39 is 0 Å². The van der Waals surface area contributed by atoms with Crippen molar-refractivity contribution in [1.29, 1.82) is 0 Å². The SMILES string of the molecule is O=C(Nc1ccc(F)cc1)/C(=C/Cl)SCc1ccccc1. The molecule has 1 N–H and O–H groups in total. The van der Waals surface area contributed by atoms with Crippen molar-refractivity contribution in [2.75, 3.05) is 5.32 Å². The van der Waals surface area contributed by atoms with Gasteiger partial charge in [0, 0.05) is 17.0 Å². The maximum Gasteiger partial charge on any atom is 0.262 e. The molecule has 0 saturated heterocycles. The summed E-state index contributed by atoms with van der Waals surface area (Å²) >= 11 is 7.06. The molecule has 0 radical (unpaired) electrons. The van der Waals surface area contributed by atoms with E-state index in [9.17, 15) is 9.18 Å². The summed E-state index contributed by atoms with van der Waals surface area (Å²) in [5.41, 5.74) is 2.89. The Morgan fingerprint density at radius 2 is 1.81 bits per heavy atom. The van der Waals surface area contributed by atoms with Crippen molar-refractivity contribution in [2.24, 2.45) is 0 Å². The van der Waals surface area contributed by atoms with Crippen LogP contribution in [0.15, 0.2) is 65.0 Å². The lowest BCUT2D eigenvalue weighted by atomic mass is 10.2. The van der Waals surface area contributed by atoms with E-state index in [-0.39, 0.29) is 11.7 Å².